The Labute approximate surface area is 193 Å². The monoisotopic (exact) mass is 451 g/mol. The van der Waals surface area contributed by atoms with Crippen molar-refractivity contribution >= 4 is 23.4 Å². The van der Waals surface area contributed by atoms with Crippen molar-refractivity contribution in [3.8, 4) is 5.75 Å². The third-order valence-electron chi connectivity index (χ3n) is 6.11. The lowest BCUT2D eigenvalue weighted by molar-refractivity contribution is -0.138. The van der Waals surface area contributed by atoms with Crippen LogP contribution in [-0.4, -0.2) is 25.5 Å². The van der Waals surface area contributed by atoms with Gasteiger partial charge in [0.05, 0.1) is 19.3 Å². The smallest absolute Gasteiger partial charge is 0.336 e. The molecule has 1 aliphatic carbocycles. The van der Waals surface area contributed by atoms with E-state index in [9.17, 15) is 9.59 Å². The van der Waals surface area contributed by atoms with E-state index in [2.05, 4.69) is 5.32 Å². The van der Waals surface area contributed by atoms with Gasteiger partial charge in [-0.2, -0.15) is 0 Å². The lowest BCUT2D eigenvalue weighted by atomic mass is 9.71. The summed E-state index contributed by atoms with van der Waals surface area (Å²) in [5, 5.41) is 3.96. The van der Waals surface area contributed by atoms with Gasteiger partial charge in [-0.15, -0.1) is 0 Å². The lowest BCUT2D eigenvalue weighted by Crippen LogP contribution is -2.36. The second-order valence-corrected chi connectivity index (χ2v) is 8.47. The highest BCUT2D eigenvalue weighted by molar-refractivity contribution is 6.30. The van der Waals surface area contributed by atoms with Crippen LogP contribution in [0.3, 0.4) is 0 Å². The summed E-state index contributed by atoms with van der Waals surface area (Å²) < 4.78 is 10.9. The Morgan fingerprint density at radius 1 is 1.12 bits per heavy atom. The van der Waals surface area contributed by atoms with Crippen molar-refractivity contribution in [1.29, 1.82) is 0 Å². The summed E-state index contributed by atoms with van der Waals surface area (Å²) in [6.07, 6.45) is 0.999. The number of Topliss-reactive ketones (excluding diaryl/α,β-unsaturated/α-hetero) is 1. The molecule has 6 heteroatoms. The summed E-state index contributed by atoms with van der Waals surface area (Å²) in [4.78, 5) is 26.5. The molecule has 0 saturated carbocycles. The molecule has 1 heterocycles. The topological polar surface area (TPSA) is 64.6 Å². The van der Waals surface area contributed by atoms with Crippen LogP contribution >= 0.6 is 11.6 Å². The first-order chi connectivity index (χ1) is 15.4. The van der Waals surface area contributed by atoms with Gasteiger partial charge in [0.1, 0.15) is 5.75 Å². The molecule has 0 aromatic heterocycles. The van der Waals surface area contributed by atoms with E-state index in [0.717, 1.165) is 22.6 Å². The average molecular weight is 452 g/mol. The lowest BCUT2D eigenvalue weighted by Gasteiger charge is -2.37. The molecular weight excluding hydrogens is 426 g/mol. The van der Waals surface area contributed by atoms with Crippen molar-refractivity contribution in [2.24, 2.45) is 0 Å². The Morgan fingerprint density at radius 3 is 2.53 bits per heavy atom. The first-order valence-electron chi connectivity index (χ1n) is 10.7. The Kier molecular flexibility index (Phi) is 6.38. The van der Waals surface area contributed by atoms with Gasteiger partial charge in [0, 0.05) is 40.2 Å². The van der Waals surface area contributed by atoms with Crippen LogP contribution in [0.2, 0.25) is 5.02 Å². The molecular formula is C26H26ClNO4. The van der Waals surface area contributed by atoms with E-state index in [4.69, 9.17) is 21.1 Å². The van der Waals surface area contributed by atoms with Crippen LogP contribution in [0, 0.1) is 0 Å². The summed E-state index contributed by atoms with van der Waals surface area (Å²) in [6.45, 7) is 3.89. The van der Waals surface area contributed by atoms with Crippen LogP contribution in [0.15, 0.2) is 71.1 Å². The molecule has 2 atom stereocenters. The van der Waals surface area contributed by atoms with Gasteiger partial charge in [0.25, 0.3) is 0 Å². The van der Waals surface area contributed by atoms with Crippen molar-refractivity contribution < 1.29 is 19.1 Å². The molecule has 5 nitrogen and oxygen atoms in total. The molecule has 0 amide bonds. The number of hydrogen-bond acceptors (Lipinski definition) is 5. The molecule has 2 aromatic carbocycles. The summed E-state index contributed by atoms with van der Waals surface area (Å²) in [7, 11) is 1.64. The van der Waals surface area contributed by atoms with Crippen LogP contribution in [-0.2, 0) is 14.3 Å². The standard InChI is InChI=1S/C26H26ClNO4/c1-4-32-26(30)23-15(2)28-20-13-17(19-7-5-6-8-22(19)31-3)14-21(29)25(20)24(23)16-9-11-18(27)12-10-16/h5-12,17,24,28H,4,13-14H2,1-3H3. The molecule has 1 N–H and O–H groups in total. The highest BCUT2D eigenvalue weighted by atomic mass is 35.5. The van der Waals surface area contributed by atoms with Gasteiger partial charge in [-0.1, -0.05) is 41.9 Å². The minimum atomic E-state index is -0.492. The third-order valence-corrected chi connectivity index (χ3v) is 6.36. The predicted octanol–water partition coefficient (Wildman–Crippen LogP) is 5.27. The normalized spacial score (nSPS) is 20.6. The zero-order valence-electron chi connectivity index (χ0n) is 18.4. The van der Waals surface area contributed by atoms with Crippen molar-refractivity contribution in [3.05, 3.63) is 87.2 Å². The first-order valence-corrected chi connectivity index (χ1v) is 11.1. The number of carbonyl (C=O) groups is 2. The highest BCUT2D eigenvalue weighted by Gasteiger charge is 2.41. The zero-order valence-corrected chi connectivity index (χ0v) is 19.2. The summed E-state index contributed by atoms with van der Waals surface area (Å²) in [5.41, 5.74) is 4.51. The number of ether oxygens (including phenoxy) is 2. The van der Waals surface area contributed by atoms with E-state index in [1.165, 1.54) is 0 Å². The number of rotatable bonds is 5. The number of nitrogens with one attached hydrogen (secondary N) is 1. The molecule has 0 fully saturated rings. The number of ketones is 1. The van der Waals surface area contributed by atoms with Crippen LogP contribution < -0.4 is 10.1 Å². The van der Waals surface area contributed by atoms with Crippen LogP contribution in [0.1, 0.15) is 49.7 Å². The summed E-state index contributed by atoms with van der Waals surface area (Å²) >= 11 is 6.10. The van der Waals surface area contributed by atoms with Gasteiger partial charge in [-0.05, 0) is 49.6 Å². The number of para-hydroxylation sites is 1. The molecule has 0 spiro atoms. The quantitative estimate of drug-likeness (QED) is 0.627. The molecule has 0 bridgehead atoms. The number of allylic oxidation sites excluding steroid dienone is 3. The Balaban J connectivity index is 1.80. The van der Waals surface area contributed by atoms with E-state index >= 15 is 0 Å². The summed E-state index contributed by atoms with van der Waals surface area (Å²) in [5.74, 6) is -0.118. The van der Waals surface area contributed by atoms with Gasteiger partial charge in [-0.3, -0.25) is 4.79 Å². The number of esters is 1. The second kappa shape index (κ2) is 9.21. The van der Waals surface area contributed by atoms with Gasteiger partial charge >= 0.3 is 5.97 Å². The third kappa shape index (κ3) is 4.05. The minimum Gasteiger partial charge on any atom is -0.496 e. The van der Waals surface area contributed by atoms with E-state index in [0.29, 0.717) is 34.7 Å². The highest BCUT2D eigenvalue weighted by Crippen LogP contribution is 2.46. The largest absolute Gasteiger partial charge is 0.496 e. The molecule has 1 aliphatic heterocycles. The van der Waals surface area contributed by atoms with Crippen molar-refractivity contribution in [3.63, 3.8) is 0 Å². The zero-order chi connectivity index (χ0) is 22.8. The number of methoxy groups -OCH3 is 1. The van der Waals surface area contributed by atoms with E-state index in [-0.39, 0.29) is 18.3 Å². The van der Waals surface area contributed by atoms with Crippen molar-refractivity contribution in [1.82, 2.24) is 5.32 Å². The SMILES string of the molecule is CCOC(=O)C1=C(C)NC2=C(C(=O)CC(c3ccccc3OC)C2)C1c1ccc(Cl)cc1. The Bertz CT molecular complexity index is 1120. The molecule has 4 rings (SSSR count). The second-order valence-electron chi connectivity index (χ2n) is 8.03. The molecule has 0 saturated heterocycles. The molecule has 2 unspecified atom stereocenters. The molecule has 166 valence electrons. The molecule has 2 aliphatic rings. The van der Waals surface area contributed by atoms with Gasteiger partial charge in [0.15, 0.2) is 5.78 Å². The van der Waals surface area contributed by atoms with Crippen LogP contribution in [0.5, 0.6) is 5.75 Å². The maximum Gasteiger partial charge on any atom is 0.336 e. The maximum atomic E-state index is 13.6. The van der Waals surface area contributed by atoms with E-state index < -0.39 is 11.9 Å². The van der Waals surface area contributed by atoms with E-state index in [1.54, 1.807) is 26.2 Å². The molecule has 0 radical (unpaired) electrons. The molecule has 32 heavy (non-hydrogen) atoms. The number of dihydropyridines is 1. The number of halogens is 1. The number of hydrogen-bond donors (Lipinski definition) is 1. The van der Waals surface area contributed by atoms with Gasteiger partial charge < -0.3 is 14.8 Å². The van der Waals surface area contributed by atoms with Gasteiger partial charge in [0.2, 0.25) is 0 Å². The van der Waals surface area contributed by atoms with Crippen molar-refractivity contribution in [2.45, 2.75) is 38.5 Å². The van der Waals surface area contributed by atoms with Crippen LogP contribution in [0.4, 0.5) is 0 Å². The summed E-state index contributed by atoms with van der Waals surface area (Å²) in [6, 6.07) is 15.1. The minimum absolute atomic E-state index is 0.00675. The fourth-order valence-electron chi connectivity index (χ4n) is 4.73. The average Bonchev–Trinajstić information content (AvgIpc) is 2.78. The molecule has 2 aromatic rings. The fourth-order valence-corrected chi connectivity index (χ4v) is 4.86. The Morgan fingerprint density at radius 2 is 1.84 bits per heavy atom. The maximum absolute atomic E-state index is 13.6. The van der Waals surface area contributed by atoms with Crippen molar-refractivity contribution in [2.75, 3.05) is 13.7 Å². The van der Waals surface area contributed by atoms with Crippen LogP contribution in [0.25, 0.3) is 0 Å². The Hall–Kier alpha value is -3.05. The fraction of sp³-hybridized carbons (Fsp3) is 0.308. The van der Waals surface area contributed by atoms with E-state index in [1.807, 2.05) is 43.3 Å². The predicted molar refractivity (Wildman–Crippen MR) is 124 cm³/mol. The number of benzene rings is 2. The first kappa shape index (κ1) is 22.2. The van der Waals surface area contributed by atoms with Gasteiger partial charge in [-0.25, -0.2) is 4.79 Å². The number of carbonyl (C=O) groups excluding carboxylic acids is 2.